The number of carbonyl (C=O) groups excluding carboxylic acids is 1. The molecular weight excluding hydrogens is 217 g/mol. The molecule has 2 nitrogen and oxygen atoms in total. The van der Waals surface area contributed by atoms with Crippen LogP contribution in [0, 0.1) is 0 Å². The molecule has 12 heavy (non-hydrogen) atoms. The third-order valence-corrected chi connectivity index (χ3v) is 2.34. The Morgan fingerprint density at radius 1 is 1.67 bits per heavy atom. The van der Waals surface area contributed by atoms with Gasteiger partial charge < -0.3 is 5.32 Å². The van der Waals surface area contributed by atoms with Crippen molar-refractivity contribution in [3.8, 4) is 0 Å². The number of rotatable bonds is 3. The van der Waals surface area contributed by atoms with Gasteiger partial charge in [0.05, 0.1) is 4.88 Å². The summed E-state index contributed by atoms with van der Waals surface area (Å²) >= 11 is 12.3. The van der Waals surface area contributed by atoms with Crippen molar-refractivity contribution in [1.29, 1.82) is 0 Å². The van der Waals surface area contributed by atoms with Crippen LogP contribution < -0.4 is 5.32 Å². The van der Waals surface area contributed by atoms with E-state index < -0.39 is 4.84 Å². The first-order valence-electron chi connectivity index (χ1n) is 3.30. The van der Waals surface area contributed by atoms with E-state index in [4.69, 9.17) is 23.2 Å². The van der Waals surface area contributed by atoms with Gasteiger partial charge >= 0.3 is 0 Å². The van der Waals surface area contributed by atoms with Crippen molar-refractivity contribution < 1.29 is 4.79 Å². The lowest BCUT2D eigenvalue weighted by atomic mass is 10.4. The topological polar surface area (TPSA) is 29.1 Å². The van der Waals surface area contributed by atoms with Gasteiger partial charge in [-0.3, -0.25) is 4.79 Å². The first-order valence-corrected chi connectivity index (χ1v) is 5.05. The Balaban J connectivity index is 2.40. The van der Waals surface area contributed by atoms with Gasteiger partial charge in [-0.05, 0) is 11.4 Å². The first-order chi connectivity index (χ1) is 5.70. The minimum atomic E-state index is -0.547. The summed E-state index contributed by atoms with van der Waals surface area (Å²) in [7, 11) is 0. The molecule has 5 heteroatoms. The molecule has 0 radical (unpaired) electrons. The summed E-state index contributed by atoms with van der Waals surface area (Å²) in [6, 6.07) is 3.57. The summed E-state index contributed by atoms with van der Waals surface area (Å²) in [4.78, 5) is 11.3. The number of thiophene rings is 1. The molecule has 0 atom stereocenters. The van der Waals surface area contributed by atoms with Gasteiger partial charge in [0.15, 0.2) is 0 Å². The van der Waals surface area contributed by atoms with Crippen LogP contribution in [0.5, 0.6) is 0 Å². The minimum Gasteiger partial charge on any atom is -0.349 e. The van der Waals surface area contributed by atoms with Crippen molar-refractivity contribution in [3.63, 3.8) is 0 Å². The number of amides is 1. The summed E-state index contributed by atoms with van der Waals surface area (Å²) in [5.41, 5.74) is 0. The molecule has 1 amide bonds. The van der Waals surface area contributed by atoms with Crippen LogP contribution in [0.3, 0.4) is 0 Å². The predicted molar refractivity (Wildman–Crippen MR) is 52.1 cm³/mol. The van der Waals surface area contributed by atoms with E-state index in [0.29, 0.717) is 4.88 Å². The number of hydrogen-bond donors (Lipinski definition) is 1. The molecule has 0 saturated heterocycles. The molecule has 0 aliphatic rings. The Morgan fingerprint density at radius 3 is 2.92 bits per heavy atom. The molecule has 1 N–H and O–H groups in total. The minimum absolute atomic E-state index is 0.128. The highest BCUT2D eigenvalue weighted by Crippen LogP contribution is 2.08. The number of carbonyl (C=O) groups is 1. The van der Waals surface area contributed by atoms with Crippen LogP contribution in [0.15, 0.2) is 17.5 Å². The van der Waals surface area contributed by atoms with Crippen LogP contribution >= 0.6 is 34.5 Å². The fraction of sp³-hybridized carbons (Fsp3) is 0.286. The zero-order chi connectivity index (χ0) is 8.97. The molecule has 1 aromatic rings. The van der Waals surface area contributed by atoms with Crippen molar-refractivity contribution in [2.24, 2.45) is 0 Å². The smallest absolute Gasteiger partial charge is 0.261 e. The van der Waals surface area contributed by atoms with E-state index in [-0.39, 0.29) is 12.5 Å². The van der Waals surface area contributed by atoms with Crippen LogP contribution in [0.25, 0.3) is 0 Å². The largest absolute Gasteiger partial charge is 0.349 e. The average Bonchev–Trinajstić information content (AvgIpc) is 2.51. The van der Waals surface area contributed by atoms with Crippen LogP contribution in [0.2, 0.25) is 0 Å². The lowest BCUT2D eigenvalue weighted by molar-refractivity contribution is 0.0959. The van der Waals surface area contributed by atoms with E-state index in [2.05, 4.69) is 5.32 Å². The lowest BCUT2D eigenvalue weighted by Crippen LogP contribution is -2.26. The Labute approximate surface area is 84.5 Å². The molecule has 0 saturated carbocycles. The Bertz CT molecular complexity index is 248. The van der Waals surface area contributed by atoms with E-state index in [1.807, 2.05) is 11.4 Å². The molecule has 0 aromatic carbocycles. The maximum Gasteiger partial charge on any atom is 0.261 e. The maximum atomic E-state index is 11.2. The van der Waals surface area contributed by atoms with E-state index >= 15 is 0 Å². The normalized spacial score (nSPS) is 10.2. The highest BCUT2D eigenvalue weighted by Gasteiger charge is 2.06. The summed E-state index contributed by atoms with van der Waals surface area (Å²) in [5.74, 6) is -0.128. The number of alkyl halides is 2. The Hall–Kier alpha value is -0.250. The van der Waals surface area contributed by atoms with Crippen molar-refractivity contribution in [3.05, 3.63) is 22.4 Å². The molecule has 0 aliphatic carbocycles. The van der Waals surface area contributed by atoms with Gasteiger partial charge in [-0.25, -0.2) is 0 Å². The molecule has 1 aromatic heterocycles. The van der Waals surface area contributed by atoms with Crippen molar-refractivity contribution >= 4 is 40.4 Å². The molecular formula is C7H7Cl2NOS. The Morgan fingerprint density at radius 2 is 2.42 bits per heavy atom. The van der Waals surface area contributed by atoms with Crippen LogP contribution in [0.4, 0.5) is 0 Å². The molecule has 0 aliphatic heterocycles. The second-order valence-electron chi connectivity index (χ2n) is 2.08. The van der Waals surface area contributed by atoms with Gasteiger partial charge in [0.25, 0.3) is 5.91 Å². The van der Waals surface area contributed by atoms with Crippen LogP contribution in [-0.2, 0) is 0 Å². The second kappa shape index (κ2) is 4.70. The van der Waals surface area contributed by atoms with Gasteiger partial charge in [-0.1, -0.05) is 6.07 Å². The van der Waals surface area contributed by atoms with E-state index in [0.717, 1.165) is 0 Å². The standard InChI is InChI=1S/C7H7Cl2NOS/c8-6(9)4-10-7(11)5-2-1-3-12-5/h1-3,6H,4H2,(H,10,11). The maximum absolute atomic E-state index is 11.2. The van der Waals surface area contributed by atoms with Gasteiger partial charge in [-0.15, -0.1) is 34.5 Å². The van der Waals surface area contributed by atoms with Gasteiger partial charge in [-0.2, -0.15) is 0 Å². The summed E-state index contributed by atoms with van der Waals surface area (Å²) < 4.78 is 0. The second-order valence-corrected chi connectivity index (χ2v) is 4.30. The third kappa shape index (κ3) is 3.01. The highest BCUT2D eigenvalue weighted by molar-refractivity contribution is 7.12. The SMILES string of the molecule is O=C(NCC(Cl)Cl)c1cccs1. The van der Waals surface area contributed by atoms with Crippen molar-refractivity contribution in [2.75, 3.05) is 6.54 Å². The average molecular weight is 224 g/mol. The Kier molecular flexibility index (Phi) is 3.85. The zero-order valence-corrected chi connectivity index (χ0v) is 8.42. The lowest BCUT2D eigenvalue weighted by Gasteiger charge is -2.02. The summed E-state index contributed by atoms with van der Waals surface area (Å²) in [6.07, 6.45) is 0. The molecule has 1 rings (SSSR count). The monoisotopic (exact) mass is 223 g/mol. The highest BCUT2D eigenvalue weighted by atomic mass is 35.5. The van der Waals surface area contributed by atoms with Crippen molar-refractivity contribution in [1.82, 2.24) is 5.32 Å². The van der Waals surface area contributed by atoms with Crippen LogP contribution in [-0.4, -0.2) is 17.3 Å². The first kappa shape index (κ1) is 9.84. The van der Waals surface area contributed by atoms with E-state index in [9.17, 15) is 4.79 Å². The summed E-state index contributed by atoms with van der Waals surface area (Å²) in [6.45, 7) is 0.278. The summed E-state index contributed by atoms with van der Waals surface area (Å²) in [5, 5.41) is 4.43. The molecule has 0 bridgehead atoms. The zero-order valence-electron chi connectivity index (χ0n) is 6.09. The van der Waals surface area contributed by atoms with Crippen molar-refractivity contribution in [2.45, 2.75) is 4.84 Å². The molecule has 1 heterocycles. The molecule has 66 valence electrons. The van der Waals surface area contributed by atoms with Gasteiger partial charge in [0.1, 0.15) is 4.84 Å². The number of hydrogen-bond acceptors (Lipinski definition) is 2. The van der Waals surface area contributed by atoms with E-state index in [1.54, 1.807) is 6.07 Å². The van der Waals surface area contributed by atoms with Crippen LogP contribution in [0.1, 0.15) is 9.67 Å². The number of nitrogens with one attached hydrogen (secondary N) is 1. The number of halogens is 2. The molecule has 0 unspecified atom stereocenters. The third-order valence-electron chi connectivity index (χ3n) is 1.16. The predicted octanol–water partition coefficient (Wildman–Crippen LogP) is 2.28. The molecule has 0 spiro atoms. The van der Waals surface area contributed by atoms with Gasteiger partial charge in [0.2, 0.25) is 0 Å². The molecule has 0 fully saturated rings. The quantitative estimate of drug-likeness (QED) is 0.784. The van der Waals surface area contributed by atoms with Gasteiger partial charge in [0, 0.05) is 6.54 Å². The fourth-order valence-electron chi connectivity index (χ4n) is 0.665. The van der Waals surface area contributed by atoms with E-state index in [1.165, 1.54) is 11.3 Å². The fourth-order valence-corrected chi connectivity index (χ4v) is 1.46.